The number of hydrogen-bond donors (Lipinski definition) is 2. The molecule has 1 aromatic heterocycles. The van der Waals surface area contributed by atoms with E-state index in [9.17, 15) is 24.5 Å². The van der Waals surface area contributed by atoms with Crippen LogP contribution in [0, 0.1) is 10.1 Å². The maximum absolute atomic E-state index is 12.6. The molecule has 0 aliphatic carbocycles. The number of nitrogens with one attached hydrogen (secondary N) is 1. The number of nitro benzene ring substituents is 1. The summed E-state index contributed by atoms with van der Waals surface area (Å²) in [6.07, 6.45) is -1.50. The number of amides is 3. The molecule has 0 atom stereocenters. The number of anilines is 2. The van der Waals surface area contributed by atoms with Crippen LogP contribution < -0.4 is 10.2 Å². The summed E-state index contributed by atoms with van der Waals surface area (Å²) in [5.41, 5.74) is -0.513. The third-order valence-corrected chi connectivity index (χ3v) is 4.01. The lowest BCUT2D eigenvalue weighted by atomic mass is 10.1. The van der Waals surface area contributed by atoms with E-state index in [2.05, 4.69) is 5.16 Å². The van der Waals surface area contributed by atoms with Crippen molar-refractivity contribution in [3.63, 3.8) is 0 Å². The van der Waals surface area contributed by atoms with Crippen molar-refractivity contribution in [3.05, 3.63) is 57.6 Å². The van der Waals surface area contributed by atoms with E-state index in [1.54, 1.807) is 12.1 Å². The second-order valence-electron chi connectivity index (χ2n) is 5.55. The second-order valence-corrected chi connectivity index (χ2v) is 5.55. The molecule has 4 rings (SSSR count). The molecule has 1 aliphatic heterocycles. The van der Waals surface area contributed by atoms with Crippen molar-refractivity contribution in [1.82, 2.24) is 5.16 Å². The molecule has 1 aliphatic rings. The quantitative estimate of drug-likeness (QED) is 0.406. The molecule has 0 bridgehead atoms. The number of benzene rings is 2. The molecule has 2 N–H and O–H groups in total. The van der Waals surface area contributed by atoms with Gasteiger partial charge in [0.2, 0.25) is 5.88 Å². The minimum absolute atomic E-state index is 0.0205. The fraction of sp³-hybridized carbons (Fsp3) is 0. The molecule has 0 radical (unpaired) electrons. The molecule has 3 amide bonds. The van der Waals surface area contributed by atoms with Gasteiger partial charge in [-0.15, -0.1) is 0 Å². The predicted octanol–water partition coefficient (Wildman–Crippen LogP) is 2.63. The number of carbonyl (C=O) groups excluding carboxylic acids is 2. The maximum atomic E-state index is 12.6. The van der Waals surface area contributed by atoms with Crippen molar-refractivity contribution in [1.29, 1.82) is 0 Å². The van der Waals surface area contributed by atoms with Crippen LogP contribution >= 0.6 is 0 Å². The van der Waals surface area contributed by atoms with Crippen LogP contribution in [0.2, 0.25) is 0 Å². The molecule has 2 aromatic carbocycles. The minimum atomic E-state index is -1.50. The lowest BCUT2D eigenvalue weighted by molar-refractivity contribution is -0.383. The summed E-state index contributed by atoms with van der Waals surface area (Å²) in [7, 11) is 0. The highest BCUT2D eigenvalue weighted by Crippen LogP contribution is 2.38. The van der Waals surface area contributed by atoms with Gasteiger partial charge in [0.25, 0.3) is 17.5 Å². The maximum Gasteiger partial charge on any atom is 0.409 e. The molecular formula is C16H8N4O7. The SMILES string of the molecule is O=C(O)Nc1cc2noc(N3C(=O)c4ccccc4C3=O)c2cc1[N+](=O)[O-]. The fourth-order valence-electron chi connectivity index (χ4n) is 2.87. The Labute approximate surface area is 148 Å². The van der Waals surface area contributed by atoms with Gasteiger partial charge in [0.1, 0.15) is 11.2 Å². The number of carbonyl (C=O) groups is 3. The number of hydrogen-bond acceptors (Lipinski definition) is 7. The first kappa shape index (κ1) is 16.2. The summed E-state index contributed by atoms with van der Waals surface area (Å²) in [6.45, 7) is 0. The van der Waals surface area contributed by atoms with Crippen LogP contribution in [0.5, 0.6) is 0 Å². The van der Waals surface area contributed by atoms with Crippen LogP contribution in [0.15, 0.2) is 40.9 Å². The molecule has 0 saturated carbocycles. The average Bonchev–Trinajstić information content (AvgIpc) is 3.13. The van der Waals surface area contributed by atoms with Crippen LogP contribution in [-0.2, 0) is 0 Å². The second kappa shape index (κ2) is 5.62. The highest BCUT2D eigenvalue weighted by atomic mass is 16.6. The Kier molecular flexibility index (Phi) is 3.37. The predicted molar refractivity (Wildman–Crippen MR) is 89.9 cm³/mol. The first-order chi connectivity index (χ1) is 12.9. The van der Waals surface area contributed by atoms with E-state index in [-0.39, 0.29) is 33.6 Å². The van der Waals surface area contributed by atoms with E-state index >= 15 is 0 Å². The molecule has 0 saturated heterocycles. The lowest BCUT2D eigenvalue weighted by Gasteiger charge is -2.09. The number of aromatic nitrogens is 1. The van der Waals surface area contributed by atoms with Crippen LogP contribution in [0.4, 0.5) is 22.1 Å². The largest absolute Gasteiger partial charge is 0.465 e. The molecule has 11 heteroatoms. The zero-order chi connectivity index (χ0) is 19.3. The highest BCUT2D eigenvalue weighted by Gasteiger charge is 2.40. The number of rotatable bonds is 3. The summed E-state index contributed by atoms with van der Waals surface area (Å²) in [5, 5.41) is 25.7. The molecule has 11 nitrogen and oxygen atoms in total. The number of imide groups is 1. The fourth-order valence-corrected chi connectivity index (χ4v) is 2.87. The van der Waals surface area contributed by atoms with E-state index in [0.29, 0.717) is 0 Å². The van der Waals surface area contributed by atoms with Crippen molar-refractivity contribution in [3.8, 4) is 0 Å². The average molecular weight is 368 g/mol. The van der Waals surface area contributed by atoms with Gasteiger partial charge >= 0.3 is 6.09 Å². The number of nitrogens with zero attached hydrogens (tertiary/aromatic N) is 3. The monoisotopic (exact) mass is 368 g/mol. The van der Waals surface area contributed by atoms with Gasteiger partial charge in [-0.1, -0.05) is 17.3 Å². The Morgan fingerprint density at radius 2 is 1.81 bits per heavy atom. The first-order valence-corrected chi connectivity index (χ1v) is 7.44. The summed E-state index contributed by atoms with van der Waals surface area (Å²) in [6, 6.07) is 8.24. The summed E-state index contributed by atoms with van der Waals surface area (Å²) in [5.74, 6) is -1.57. The smallest absolute Gasteiger partial charge is 0.409 e. The van der Waals surface area contributed by atoms with E-state index < -0.39 is 28.5 Å². The zero-order valence-corrected chi connectivity index (χ0v) is 13.2. The van der Waals surface area contributed by atoms with Gasteiger partial charge in [-0.3, -0.25) is 25.0 Å². The van der Waals surface area contributed by atoms with Crippen LogP contribution in [0.25, 0.3) is 10.9 Å². The van der Waals surface area contributed by atoms with E-state index in [1.807, 2.05) is 5.32 Å². The highest BCUT2D eigenvalue weighted by molar-refractivity contribution is 6.35. The van der Waals surface area contributed by atoms with Gasteiger partial charge in [0.15, 0.2) is 0 Å². The summed E-state index contributed by atoms with van der Waals surface area (Å²) in [4.78, 5) is 47.2. The van der Waals surface area contributed by atoms with Gasteiger partial charge in [-0.2, -0.15) is 0 Å². The molecule has 27 heavy (non-hydrogen) atoms. The Hall–Kier alpha value is -4.28. The van der Waals surface area contributed by atoms with Gasteiger partial charge in [-0.05, 0) is 18.2 Å². The normalized spacial score (nSPS) is 13.1. The Morgan fingerprint density at radius 3 is 2.37 bits per heavy atom. The Bertz CT molecular complexity index is 1130. The van der Waals surface area contributed by atoms with Crippen molar-refractivity contribution in [2.75, 3.05) is 10.2 Å². The summed E-state index contributed by atoms with van der Waals surface area (Å²) < 4.78 is 5.10. The van der Waals surface area contributed by atoms with Gasteiger partial charge in [0.05, 0.1) is 21.4 Å². The van der Waals surface area contributed by atoms with E-state index in [0.717, 1.165) is 17.0 Å². The number of carboxylic acid groups (broad SMARTS) is 1. The number of nitro groups is 1. The van der Waals surface area contributed by atoms with Crippen LogP contribution in [-0.4, -0.2) is 33.1 Å². The lowest BCUT2D eigenvalue weighted by Crippen LogP contribution is -2.29. The molecule has 0 unspecified atom stereocenters. The molecule has 2 heterocycles. The van der Waals surface area contributed by atoms with Crippen molar-refractivity contribution in [2.45, 2.75) is 0 Å². The van der Waals surface area contributed by atoms with Crippen molar-refractivity contribution >= 4 is 46.1 Å². The molecule has 0 fully saturated rings. The minimum Gasteiger partial charge on any atom is -0.465 e. The van der Waals surface area contributed by atoms with E-state index in [4.69, 9.17) is 9.63 Å². The standard InChI is InChI=1S/C16H8N4O7/c21-13-7-3-1-2-4-8(7)14(22)19(13)15-9-5-12(20(25)26)11(17-16(23)24)6-10(9)18-27-15/h1-6,17H,(H,23,24). The third-order valence-electron chi connectivity index (χ3n) is 4.01. The molecular weight excluding hydrogens is 360 g/mol. The van der Waals surface area contributed by atoms with Crippen molar-refractivity contribution < 1.29 is 28.9 Å². The topological polar surface area (TPSA) is 156 Å². The Morgan fingerprint density at radius 1 is 1.19 bits per heavy atom. The van der Waals surface area contributed by atoms with Gasteiger partial charge in [0, 0.05) is 6.07 Å². The van der Waals surface area contributed by atoms with E-state index in [1.165, 1.54) is 12.1 Å². The van der Waals surface area contributed by atoms with Crippen LogP contribution in [0.1, 0.15) is 20.7 Å². The molecule has 134 valence electrons. The molecule has 3 aromatic rings. The number of fused-ring (bicyclic) bond motifs is 2. The van der Waals surface area contributed by atoms with Gasteiger partial charge in [-0.25, -0.2) is 9.69 Å². The zero-order valence-electron chi connectivity index (χ0n) is 13.2. The van der Waals surface area contributed by atoms with Crippen molar-refractivity contribution in [2.24, 2.45) is 0 Å². The third kappa shape index (κ3) is 2.37. The summed E-state index contributed by atoms with van der Waals surface area (Å²) >= 11 is 0. The first-order valence-electron chi connectivity index (χ1n) is 7.44. The van der Waals surface area contributed by atoms with Gasteiger partial charge < -0.3 is 9.63 Å². The molecule has 0 spiro atoms. The van der Waals surface area contributed by atoms with Crippen LogP contribution in [0.3, 0.4) is 0 Å². The Balaban J connectivity index is 1.88.